The van der Waals surface area contributed by atoms with Gasteiger partial charge in [0.2, 0.25) is 0 Å². The molecule has 120 valence electrons. The van der Waals surface area contributed by atoms with Gasteiger partial charge in [-0.15, -0.1) is 0 Å². The molecule has 0 bridgehead atoms. The number of benzene rings is 2. The van der Waals surface area contributed by atoms with Crippen LogP contribution < -0.4 is 0 Å². The molecular weight excluding hydrogens is 332 g/mol. The molecule has 0 fully saturated rings. The fraction of sp³-hybridized carbons (Fsp3) is 0. The Bertz CT molecular complexity index is 901. The highest BCUT2D eigenvalue weighted by Crippen LogP contribution is 2.31. The third kappa shape index (κ3) is 2.84. The molecule has 24 heavy (non-hydrogen) atoms. The monoisotopic (exact) mass is 336 g/mol. The lowest BCUT2D eigenvalue weighted by atomic mass is 10.0. The van der Waals surface area contributed by atoms with Crippen molar-refractivity contribution in [3.8, 4) is 0 Å². The highest BCUT2D eigenvalue weighted by Gasteiger charge is 2.29. The van der Waals surface area contributed by atoms with E-state index in [9.17, 15) is 22.4 Å². The first kappa shape index (κ1) is 16.8. The lowest BCUT2D eigenvalue weighted by molar-refractivity contribution is 0.102. The van der Waals surface area contributed by atoms with Gasteiger partial charge < -0.3 is 0 Å². The lowest BCUT2D eigenvalue weighted by Gasteiger charge is -2.09. The van der Waals surface area contributed by atoms with Crippen LogP contribution in [0.5, 0.6) is 0 Å². The first-order chi connectivity index (χ1) is 11.4. The number of halogens is 4. The van der Waals surface area contributed by atoms with Crippen molar-refractivity contribution in [2.45, 2.75) is 0 Å². The number of carbonyl (C=O) groups is 1. The summed E-state index contributed by atoms with van der Waals surface area (Å²) in [7, 11) is 0. The molecular formula is C13H4F4N6O. The van der Waals surface area contributed by atoms with Crippen LogP contribution in [-0.4, -0.2) is 5.78 Å². The molecule has 0 atom stereocenters. The van der Waals surface area contributed by atoms with Crippen LogP contribution in [0.3, 0.4) is 0 Å². The molecule has 7 nitrogen and oxygen atoms in total. The van der Waals surface area contributed by atoms with Gasteiger partial charge in [-0.1, -0.05) is 34.5 Å². The van der Waals surface area contributed by atoms with Gasteiger partial charge in [-0.3, -0.25) is 4.79 Å². The molecule has 2 aromatic rings. The van der Waals surface area contributed by atoms with Crippen LogP contribution in [0.2, 0.25) is 0 Å². The maximum absolute atomic E-state index is 13.9. The zero-order valence-corrected chi connectivity index (χ0v) is 11.4. The van der Waals surface area contributed by atoms with Crippen molar-refractivity contribution < 1.29 is 22.4 Å². The fourth-order valence-corrected chi connectivity index (χ4v) is 1.83. The van der Waals surface area contributed by atoms with Gasteiger partial charge in [0.1, 0.15) is 11.3 Å². The number of rotatable bonds is 4. The second kappa shape index (κ2) is 6.69. The van der Waals surface area contributed by atoms with E-state index in [1.165, 1.54) is 12.1 Å². The van der Waals surface area contributed by atoms with Crippen LogP contribution >= 0.6 is 0 Å². The predicted molar refractivity (Wildman–Crippen MR) is 73.8 cm³/mol. The topological polar surface area (TPSA) is 115 Å². The Morgan fingerprint density at radius 1 is 0.833 bits per heavy atom. The Morgan fingerprint density at radius 2 is 1.33 bits per heavy atom. The van der Waals surface area contributed by atoms with Gasteiger partial charge in [0, 0.05) is 21.1 Å². The standard InChI is InChI=1S/C13H4F4N6O/c14-8-7(9(15)11(17)12(10(8)16)21-23-19)13(24)5-1-3-6(4-2-5)20-22-18/h1-4H. The normalized spacial score (nSPS) is 9.83. The molecule has 0 radical (unpaired) electrons. The number of nitrogens with zero attached hydrogens (tertiary/aromatic N) is 6. The summed E-state index contributed by atoms with van der Waals surface area (Å²) in [5.41, 5.74) is 13.2. The van der Waals surface area contributed by atoms with Crippen molar-refractivity contribution in [2.75, 3.05) is 0 Å². The van der Waals surface area contributed by atoms with Gasteiger partial charge in [0.05, 0.1) is 0 Å². The van der Waals surface area contributed by atoms with Crippen molar-refractivity contribution in [1.29, 1.82) is 0 Å². The number of hydrogen-bond acceptors (Lipinski definition) is 3. The van der Waals surface area contributed by atoms with E-state index >= 15 is 0 Å². The Labute approximate surface area is 130 Å². The first-order valence-electron chi connectivity index (χ1n) is 6.03. The first-order valence-corrected chi connectivity index (χ1v) is 6.03. The van der Waals surface area contributed by atoms with E-state index in [4.69, 9.17) is 11.1 Å². The molecule has 0 N–H and O–H groups in total. The maximum Gasteiger partial charge on any atom is 0.199 e. The zero-order valence-electron chi connectivity index (χ0n) is 11.4. The molecule has 0 aliphatic rings. The summed E-state index contributed by atoms with van der Waals surface area (Å²) in [4.78, 5) is 16.7. The molecule has 0 spiro atoms. The van der Waals surface area contributed by atoms with E-state index in [-0.39, 0.29) is 11.3 Å². The lowest BCUT2D eigenvalue weighted by Crippen LogP contribution is -2.11. The second-order valence-electron chi connectivity index (χ2n) is 4.23. The number of hydrogen-bond donors (Lipinski definition) is 0. The van der Waals surface area contributed by atoms with E-state index in [1.54, 1.807) is 0 Å². The number of carbonyl (C=O) groups excluding carboxylic acids is 1. The summed E-state index contributed by atoms with van der Waals surface area (Å²) in [6.07, 6.45) is 0. The van der Waals surface area contributed by atoms with Crippen molar-refractivity contribution in [1.82, 2.24) is 0 Å². The highest BCUT2D eigenvalue weighted by atomic mass is 19.2. The van der Waals surface area contributed by atoms with Crippen molar-refractivity contribution in [3.63, 3.8) is 0 Å². The SMILES string of the molecule is [N-]=[N+]=Nc1ccc(C(=O)c2c(F)c(F)c(N=[N+]=[N-])c(F)c2F)cc1. The van der Waals surface area contributed by atoms with Crippen LogP contribution in [0.1, 0.15) is 15.9 Å². The molecule has 0 heterocycles. The van der Waals surface area contributed by atoms with Gasteiger partial charge in [-0.25, -0.2) is 17.6 Å². The van der Waals surface area contributed by atoms with E-state index < -0.39 is 40.3 Å². The summed E-state index contributed by atoms with van der Waals surface area (Å²) in [5.74, 6) is -9.29. The summed E-state index contributed by atoms with van der Waals surface area (Å²) < 4.78 is 55.2. The van der Waals surface area contributed by atoms with E-state index in [2.05, 4.69) is 20.1 Å². The third-order valence-corrected chi connectivity index (χ3v) is 2.90. The molecule has 0 saturated carbocycles. The van der Waals surface area contributed by atoms with Crippen LogP contribution in [0.25, 0.3) is 20.9 Å². The fourth-order valence-electron chi connectivity index (χ4n) is 1.83. The maximum atomic E-state index is 13.9. The molecule has 0 aliphatic heterocycles. The van der Waals surface area contributed by atoms with Crippen molar-refractivity contribution in [2.24, 2.45) is 10.2 Å². The van der Waals surface area contributed by atoms with E-state index in [0.29, 0.717) is 0 Å². The molecule has 2 rings (SSSR count). The van der Waals surface area contributed by atoms with E-state index in [1.807, 2.05) is 0 Å². The Hall–Kier alpha value is -3.55. The molecule has 0 saturated heterocycles. The third-order valence-electron chi connectivity index (χ3n) is 2.90. The van der Waals surface area contributed by atoms with Gasteiger partial charge in [-0.05, 0) is 11.1 Å². The van der Waals surface area contributed by atoms with E-state index in [0.717, 1.165) is 12.1 Å². The molecule has 0 unspecified atom stereocenters. The Kier molecular flexibility index (Phi) is 4.69. The van der Waals surface area contributed by atoms with Gasteiger partial charge in [-0.2, -0.15) is 0 Å². The summed E-state index contributed by atoms with van der Waals surface area (Å²) in [6, 6.07) is 4.46. The average molecular weight is 336 g/mol. The van der Waals surface area contributed by atoms with Gasteiger partial charge in [0.15, 0.2) is 29.1 Å². The number of ketones is 1. The highest BCUT2D eigenvalue weighted by molar-refractivity contribution is 6.09. The summed E-state index contributed by atoms with van der Waals surface area (Å²) in [6.45, 7) is 0. The van der Waals surface area contributed by atoms with Crippen molar-refractivity contribution in [3.05, 3.63) is 79.5 Å². The second-order valence-corrected chi connectivity index (χ2v) is 4.23. The average Bonchev–Trinajstić information content (AvgIpc) is 2.58. The van der Waals surface area contributed by atoms with Crippen LogP contribution in [0.15, 0.2) is 34.5 Å². The molecule has 0 amide bonds. The molecule has 11 heteroatoms. The van der Waals surface area contributed by atoms with Crippen LogP contribution in [0, 0.1) is 23.3 Å². The summed E-state index contributed by atoms with van der Waals surface area (Å²) >= 11 is 0. The quantitative estimate of drug-likeness (QED) is 0.183. The van der Waals surface area contributed by atoms with Gasteiger partial charge in [0.25, 0.3) is 0 Å². The minimum absolute atomic E-state index is 0.117. The van der Waals surface area contributed by atoms with Crippen molar-refractivity contribution >= 4 is 17.2 Å². The Balaban J connectivity index is 2.61. The largest absolute Gasteiger partial charge is 0.288 e. The molecule has 0 aliphatic carbocycles. The van der Waals surface area contributed by atoms with Gasteiger partial charge >= 0.3 is 0 Å². The summed E-state index contributed by atoms with van der Waals surface area (Å²) in [5, 5.41) is 5.76. The number of azide groups is 2. The zero-order chi connectivity index (χ0) is 17.9. The molecule has 0 aromatic heterocycles. The predicted octanol–water partition coefficient (Wildman–Crippen LogP) is 5.36. The molecule has 2 aromatic carbocycles. The minimum Gasteiger partial charge on any atom is -0.288 e. The Morgan fingerprint density at radius 3 is 1.79 bits per heavy atom. The van der Waals surface area contributed by atoms with Crippen LogP contribution in [0.4, 0.5) is 28.9 Å². The van der Waals surface area contributed by atoms with Crippen LogP contribution in [-0.2, 0) is 0 Å². The minimum atomic E-state index is -1.99. The smallest absolute Gasteiger partial charge is 0.199 e.